The second-order valence-corrected chi connectivity index (χ2v) is 14.2. The van der Waals surface area contributed by atoms with Gasteiger partial charge in [0.05, 0.1) is 11.3 Å². The number of anilines is 1. The number of hydrogen-bond donors (Lipinski definition) is 2. The topological polar surface area (TPSA) is 107 Å². The van der Waals surface area contributed by atoms with Crippen LogP contribution in [0.4, 0.5) is 18.9 Å². The van der Waals surface area contributed by atoms with Gasteiger partial charge < -0.3 is 10.0 Å². The fourth-order valence-electron chi connectivity index (χ4n) is 3.81. The molecule has 202 valence electrons. The number of aliphatic hydroxyl groups is 1. The summed E-state index contributed by atoms with van der Waals surface area (Å²) in [5, 5.41) is 11.0. The molecule has 3 atom stereocenters. The molecular formula is C22H30F3N3O5S3. The van der Waals surface area contributed by atoms with E-state index < -0.39 is 43.1 Å². The zero-order valence-electron chi connectivity index (χ0n) is 20.1. The second-order valence-electron chi connectivity index (χ2n) is 8.87. The van der Waals surface area contributed by atoms with Crippen molar-refractivity contribution in [1.82, 2.24) is 9.03 Å². The van der Waals surface area contributed by atoms with Crippen LogP contribution in [0.2, 0.25) is 0 Å². The summed E-state index contributed by atoms with van der Waals surface area (Å²) in [6.07, 6.45) is -4.48. The minimum Gasteiger partial charge on any atom is -0.376 e. The van der Waals surface area contributed by atoms with Gasteiger partial charge >= 0.3 is 6.18 Å². The molecule has 2 aromatic rings. The molecule has 0 amide bonds. The number of benzene rings is 1. The maximum absolute atomic E-state index is 13.2. The summed E-state index contributed by atoms with van der Waals surface area (Å²) in [5.74, 6) is 0. The molecule has 14 heteroatoms. The Morgan fingerprint density at radius 1 is 1.14 bits per heavy atom. The van der Waals surface area contributed by atoms with E-state index in [1.54, 1.807) is 30.2 Å². The highest BCUT2D eigenvalue weighted by Gasteiger charge is 2.51. The fourth-order valence-corrected chi connectivity index (χ4v) is 7.57. The van der Waals surface area contributed by atoms with Crippen LogP contribution in [0, 0.1) is 0 Å². The van der Waals surface area contributed by atoms with E-state index in [0.717, 1.165) is 23.5 Å². The third-order valence-electron chi connectivity index (χ3n) is 6.47. The monoisotopic (exact) mass is 569 g/mol. The van der Waals surface area contributed by atoms with Crippen molar-refractivity contribution in [3.63, 3.8) is 0 Å². The van der Waals surface area contributed by atoms with E-state index in [4.69, 9.17) is 0 Å². The van der Waals surface area contributed by atoms with Crippen LogP contribution in [0.15, 0.2) is 46.0 Å². The Morgan fingerprint density at radius 3 is 2.31 bits per heavy atom. The third kappa shape index (κ3) is 5.89. The lowest BCUT2D eigenvalue weighted by Gasteiger charge is -2.42. The Bertz CT molecular complexity index is 1230. The summed E-state index contributed by atoms with van der Waals surface area (Å²) in [6, 6.07) is 7.66. The molecule has 0 bridgehead atoms. The summed E-state index contributed by atoms with van der Waals surface area (Å²) in [6.45, 7) is 4.16. The van der Waals surface area contributed by atoms with Crippen molar-refractivity contribution in [3.8, 4) is 0 Å². The molecule has 0 unspecified atom stereocenters. The molecule has 1 saturated heterocycles. The van der Waals surface area contributed by atoms with Crippen LogP contribution in [-0.2, 0) is 25.6 Å². The second kappa shape index (κ2) is 10.6. The van der Waals surface area contributed by atoms with Crippen LogP contribution in [0.5, 0.6) is 0 Å². The van der Waals surface area contributed by atoms with Gasteiger partial charge in [0.25, 0.3) is 10.0 Å². The first-order valence-electron chi connectivity index (χ1n) is 11.3. The number of thiophene rings is 1. The number of piperazine rings is 1. The number of alkyl halides is 3. The molecule has 1 aliphatic rings. The van der Waals surface area contributed by atoms with Gasteiger partial charge in [0, 0.05) is 31.9 Å². The van der Waals surface area contributed by atoms with Crippen LogP contribution >= 0.6 is 11.3 Å². The van der Waals surface area contributed by atoms with E-state index >= 15 is 0 Å². The van der Waals surface area contributed by atoms with Gasteiger partial charge in [-0.15, -0.1) is 11.3 Å². The van der Waals surface area contributed by atoms with E-state index in [0.29, 0.717) is 19.0 Å². The molecule has 1 aromatic carbocycles. The zero-order valence-corrected chi connectivity index (χ0v) is 22.5. The SMILES string of the molecule is CC[C@H](C)S(=O)(=O)NC[C@H]1CN(S(=O)(=O)c2cccs2)CCN1c1ccc([C@](C)(O)C(F)(F)F)cc1. The third-order valence-corrected chi connectivity index (χ3v) is 11.7. The average molecular weight is 570 g/mol. The van der Waals surface area contributed by atoms with E-state index in [9.17, 15) is 35.1 Å². The number of hydrogen-bond acceptors (Lipinski definition) is 7. The first-order chi connectivity index (χ1) is 16.6. The summed E-state index contributed by atoms with van der Waals surface area (Å²) >= 11 is 1.08. The highest BCUT2D eigenvalue weighted by Crippen LogP contribution is 2.39. The highest BCUT2D eigenvalue weighted by atomic mass is 32.2. The van der Waals surface area contributed by atoms with Gasteiger partial charge in [-0.05, 0) is 49.4 Å². The van der Waals surface area contributed by atoms with Crippen LogP contribution in [0.1, 0.15) is 32.8 Å². The molecule has 0 saturated carbocycles. The normalized spacial score (nSPS) is 20.8. The first-order valence-corrected chi connectivity index (χ1v) is 15.2. The largest absolute Gasteiger partial charge is 0.421 e. The molecule has 1 aliphatic heterocycles. The highest BCUT2D eigenvalue weighted by molar-refractivity contribution is 7.91. The standard InChI is InChI=1S/C22H30F3N3O5S3/c1-4-16(2)35(30,31)26-14-19-15-27(36(32,33)20-6-5-13-34-20)11-12-28(19)18-9-7-17(8-10-18)21(3,29)22(23,24)25/h5-10,13,16,19,26,29H,4,11-12,14-15H2,1-3H3/t16-,19-,21-/m0/s1. The Morgan fingerprint density at radius 2 is 1.78 bits per heavy atom. The number of halogens is 3. The predicted octanol–water partition coefficient (Wildman–Crippen LogP) is 3.12. The van der Waals surface area contributed by atoms with Gasteiger partial charge in [0.2, 0.25) is 10.0 Å². The smallest absolute Gasteiger partial charge is 0.376 e. The van der Waals surface area contributed by atoms with Crippen molar-refractivity contribution in [2.45, 2.75) is 54.5 Å². The molecule has 0 radical (unpaired) electrons. The van der Waals surface area contributed by atoms with Gasteiger partial charge in [-0.1, -0.05) is 25.1 Å². The lowest BCUT2D eigenvalue weighted by atomic mass is 9.95. The molecule has 8 nitrogen and oxygen atoms in total. The summed E-state index contributed by atoms with van der Waals surface area (Å²) in [5.41, 5.74) is -2.89. The number of nitrogens with one attached hydrogen (secondary N) is 1. The van der Waals surface area contributed by atoms with Crippen molar-refractivity contribution < 1.29 is 35.1 Å². The van der Waals surface area contributed by atoms with Gasteiger partial charge in [0.1, 0.15) is 4.21 Å². The molecule has 36 heavy (non-hydrogen) atoms. The lowest BCUT2D eigenvalue weighted by Crippen LogP contribution is -2.58. The zero-order chi connectivity index (χ0) is 26.9. The van der Waals surface area contributed by atoms with Crippen molar-refractivity contribution in [2.24, 2.45) is 0 Å². The fraction of sp³-hybridized carbons (Fsp3) is 0.545. The molecular weight excluding hydrogens is 539 g/mol. The van der Waals surface area contributed by atoms with Crippen LogP contribution in [0.3, 0.4) is 0 Å². The minimum atomic E-state index is -4.87. The summed E-state index contributed by atoms with van der Waals surface area (Å²) in [4.78, 5) is 1.77. The maximum Gasteiger partial charge on any atom is 0.421 e. The van der Waals surface area contributed by atoms with Crippen molar-refractivity contribution in [2.75, 3.05) is 31.1 Å². The molecule has 2 N–H and O–H groups in total. The van der Waals surface area contributed by atoms with Gasteiger partial charge in [-0.25, -0.2) is 21.6 Å². The van der Waals surface area contributed by atoms with E-state index in [2.05, 4.69) is 4.72 Å². The van der Waals surface area contributed by atoms with Crippen LogP contribution in [-0.4, -0.2) is 69.9 Å². The molecule has 2 heterocycles. The van der Waals surface area contributed by atoms with Gasteiger partial charge in [-0.3, -0.25) is 0 Å². The minimum absolute atomic E-state index is 0.0225. The van der Waals surface area contributed by atoms with Gasteiger partial charge in [-0.2, -0.15) is 17.5 Å². The van der Waals surface area contributed by atoms with Crippen molar-refractivity contribution in [3.05, 3.63) is 47.3 Å². The van der Waals surface area contributed by atoms with Crippen LogP contribution < -0.4 is 9.62 Å². The molecule has 0 spiro atoms. The van der Waals surface area contributed by atoms with E-state index in [1.807, 2.05) is 0 Å². The van der Waals surface area contributed by atoms with Crippen molar-refractivity contribution >= 4 is 37.1 Å². The molecule has 1 aromatic heterocycles. The molecule has 1 fully saturated rings. The summed E-state index contributed by atoms with van der Waals surface area (Å²) in [7, 11) is -7.44. The quantitative estimate of drug-likeness (QED) is 0.481. The van der Waals surface area contributed by atoms with E-state index in [1.165, 1.54) is 22.5 Å². The number of nitrogens with zero attached hydrogens (tertiary/aromatic N) is 2. The maximum atomic E-state index is 13.2. The number of rotatable bonds is 9. The predicted molar refractivity (Wildman–Crippen MR) is 133 cm³/mol. The van der Waals surface area contributed by atoms with Gasteiger partial charge in [0.15, 0.2) is 5.60 Å². The summed E-state index contributed by atoms with van der Waals surface area (Å²) < 4.78 is 95.0. The Balaban J connectivity index is 1.89. The van der Waals surface area contributed by atoms with Crippen LogP contribution in [0.25, 0.3) is 0 Å². The molecule has 3 rings (SSSR count). The lowest BCUT2D eigenvalue weighted by molar-refractivity contribution is -0.258. The Kier molecular flexibility index (Phi) is 8.48. The average Bonchev–Trinajstić information content (AvgIpc) is 3.37. The Hall–Kier alpha value is -1.71. The Labute approximate surface area is 213 Å². The number of sulfonamides is 2. The molecule has 0 aliphatic carbocycles. The van der Waals surface area contributed by atoms with E-state index in [-0.39, 0.29) is 36.0 Å². The first kappa shape index (κ1) is 28.9. The van der Waals surface area contributed by atoms with Crippen molar-refractivity contribution in [1.29, 1.82) is 0 Å².